The second-order valence-electron chi connectivity index (χ2n) is 4.32. The van der Waals surface area contributed by atoms with Gasteiger partial charge in [0.15, 0.2) is 0 Å². The van der Waals surface area contributed by atoms with Crippen LogP contribution in [0.4, 0.5) is 0 Å². The third kappa shape index (κ3) is 4.03. The van der Waals surface area contributed by atoms with Crippen LogP contribution in [0.1, 0.15) is 11.1 Å². The fourth-order valence-electron chi connectivity index (χ4n) is 1.78. The summed E-state index contributed by atoms with van der Waals surface area (Å²) in [6, 6.07) is 11.0. The summed E-state index contributed by atoms with van der Waals surface area (Å²) >= 11 is 18.2. The lowest BCUT2D eigenvalue weighted by Crippen LogP contribution is -2.05. The molecule has 2 nitrogen and oxygen atoms in total. The third-order valence-corrected chi connectivity index (χ3v) is 3.67. The summed E-state index contributed by atoms with van der Waals surface area (Å²) in [6.07, 6.45) is 0. The average molecular weight is 331 g/mol. The van der Waals surface area contributed by atoms with Crippen molar-refractivity contribution in [3.05, 3.63) is 62.6 Å². The highest BCUT2D eigenvalue weighted by Crippen LogP contribution is 2.28. The number of benzene rings is 2. The van der Waals surface area contributed by atoms with Crippen LogP contribution in [0.15, 0.2) is 36.4 Å². The summed E-state index contributed by atoms with van der Waals surface area (Å²) in [4.78, 5) is 0. The van der Waals surface area contributed by atoms with Crippen LogP contribution in [0, 0.1) is 0 Å². The zero-order valence-electron chi connectivity index (χ0n) is 10.9. The van der Waals surface area contributed by atoms with Crippen LogP contribution < -0.4 is 10.1 Å². The standard InChI is InChI=1S/C15H14Cl3NO/c1-19-8-10-2-5-15(14(18)6-10)20-9-11-7-12(16)3-4-13(11)17/h2-7,19H,8-9H2,1H3. The van der Waals surface area contributed by atoms with Crippen molar-refractivity contribution in [1.82, 2.24) is 5.32 Å². The molecule has 0 spiro atoms. The van der Waals surface area contributed by atoms with Crippen molar-refractivity contribution < 1.29 is 4.74 Å². The summed E-state index contributed by atoms with van der Waals surface area (Å²) in [5.41, 5.74) is 1.93. The molecule has 0 saturated carbocycles. The molecule has 0 aromatic heterocycles. The Morgan fingerprint density at radius 3 is 2.50 bits per heavy atom. The molecule has 2 rings (SSSR count). The van der Waals surface area contributed by atoms with Crippen LogP contribution in [0.2, 0.25) is 15.1 Å². The first-order valence-electron chi connectivity index (χ1n) is 6.10. The van der Waals surface area contributed by atoms with Crippen LogP contribution in [0.3, 0.4) is 0 Å². The van der Waals surface area contributed by atoms with E-state index in [4.69, 9.17) is 39.5 Å². The average Bonchev–Trinajstić information content (AvgIpc) is 2.42. The predicted octanol–water partition coefficient (Wildman–Crippen LogP) is 4.95. The molecule has 2 aromatic rings. The van der Waals surface area contributed by atoms with E-state index < -0.39 is 0 Å². The van der Waals surface area contributed by atoms with Gasteiger partial charge in [-0.1, -0.05) is 40.9 Å². The fourth-order valence-corrected chi connectivity index (χ4v) is 2.41. The van der Waals surface area contributed by atoms with E-state index in [2.05, 4.69) is 5.32 Å². The first-order chi connectivity index (χ1) is 9.60. The molecule has 0 aliphatic heterocycles. The highest BCUT2D eigenvalue weighted by atomic mass is 35.5. The van der Waals surface area contributed by atoms with E-state index in [0.717, 1.165) is 17.7 Å². The molecule has 5 heteroatoms. The molecule has 0 amide bonds. The zero-order chi connectivity index (χ0) is 14.5. The molecule has 0 heterocycles. The lowest BCUT2D eigenvalue weighted by Gasteiger charge is -2.11. The molecule has 0 fully saturated rings. The van der Waals surface area contributed by atoms with Gasteiger partial charge in [-0.2, -0.15) is 0 Å². The van der Waals surface area contributed by atoms with Crippen LogP contribution in [0.5, 0.6) is 5.75 Å². The number of hydrogen-bond donors (Lipinski definition) is 1. The van der Waals surface area contributed by atoms with Crippen molar-refractivity contribution in [2.75, 3.05) is 7.05 Å². The second kappa shape index (κ2) is 7.19. The van der Waals surface area contributed by atoms with Gasteiger partial charge in [0.1, 0.15) is 12.4 Å². The van der Waals surface area contributed by atoms with E-state index >= 15 is 0 Å². The number of hydrogen-bond acceptors (Lipinski definition) is 2. The first-order valence-corrected chi connectivity index (χ1v) is 7.23. The minimum atomic E-state index is 0.324. The third-order valence-electron chi connectivity index (χ3n) is 2.77. The van der Waals surface area contributed by atoms with E-state index in [1.165, 1.54) is 0 Å². The van der Waals surface area contributed by atoms with Crippen molar-refractivity contribution in [3.63, 3.8) is 0 Å². The fraction of sp³-hybridized carbons (Fsp3) is 0.200. The van der Waals surface area contributed by atoms with Crippen molar-refractivity contribution in [2.45, 2.75) is 13.2 Å². The quantitative estimate of drug-likeness (QED) is 0.838. The van der Waals surface area contributed by atoms with E-state index in [1.807, 2.05) is 25.2 Å². The Labute approximate surface area is 133 Å². The molecular weight excluding hydrogens is 317 g/mol. The minimum absolute atomic E-state index is 0.324. The molecule has 2 aromatic carbocycles. The van der Waals surface area contributed by atoms with Crippen LogP contribution in [-0.4, -0.2) is 7.05 Å². The summed E-state index contributed by atoms with van der Waals surface area (Å²) in [7, 11) is 1.89. The number of ether oxygens (including phenoxy) is 1. The topological polar surface area (TPSA) is 21.3 Å². The van der Waals surface area contributed by atoms with Gasteiger partial charge in [0.2, 0.25) is 0 Å². The Balaban J connectivity index is 2.09. The number of halogens is 3. The Kier molecular flexibility index (Phi) is 5.55. The summed E-state index contributed by atoms with van der Waals surface area (Å²) in [5, 5.41) is 4.90. The van der Waals surface area contributed by atoms with E-state index in [0.29, 0.717) is 27.4 Å². The summed E-state index contributed by atoms with van der Waals surface area (Å²) < 4.78 is 5.70. The van der Waals surface area contributed by atoms with Crippen molar-refractivity contribution in [3.8, 4) is 5.75 Å². The molecule has 0 atom stereocenters. The van der Waals surface area contributed by atoms with Gasteiger partial charge >= 0.3 is 0 Å². The van der Waals surface area contributed by atoms with Gasteiger partial charge in [0.25, 0.3) is 0 Å². The Hall–Kier alpha value is -0.930. The van der Waals surface area contributed by atoms with E-state index in [1.54, 1.807) is 18.2 Å². The predicted molar refractivity (Wildman–Crippen MR) is 85.0 cm³/mol. The Bertz CT molecular complexity index is 602. The molecule has 1 N–H and O–H groups in total. The van der Waals surface area contributed by atoms with Gasteiger partial charge < -0.3 is 10.1 Å². The largest absolute Gasteiger partial charge is 0.487 e. The van der Waals surface area contributed by atoms with E-state index in [-0.39, 0.29) is 0 Å². The Morgan fingerprint density at radius 1 is 1.00 bits per heavy atom. The van der Waals surface area contributed by atoms with Gasteiger partial charge in [0.05, 0.1) is 5.02 Å². The second-order valence-corrected chi connectivity index (χ2v) is 5.57. The smallest absolute Gasteiger partial charge is 0.138 e. The van der Waals surface area contributed by atoms with Gasteiger partial charge in [-0.05, 0) is 42.9 Å². The van der Waals surface area contributed by atoms with Crippen LogP contribution in [0.25, 0.3) is 0 Å². The van der Waals surface area contributed by atoms with Crippen LogP contribution in [-0.2, 0) is 13.2 Å². The Morgan fingerprint density at radius 2 is 1.80 bits per heavy atom. The lowest BCUT2D eigenvalue weighted by molar-refractivity contribution is 0.306. The molecule has 0 aliphatic rings. The highest BCUT2D eigenvalue weighted by Gasteiger charge is 2.06. The van der Waals surface area contributed by atoms with Gasteiger partial charge in [-0.15, -0.1) is 0 Å². The monoisotopic (exact) mass is 329 g/mol. The maximum Gasteiger partial charge on any atom is 0.138 e. The molecule has 0 aliphatic carbocycles. The molecular formula is C15H14Cl3NO. The SMILES string of the molecule is CNCc1ccc(OCc2cc(Cl)ccc2Cl)c(Cl)c1. The molecule has 0 unspecified atom stereocenters. The zero-order valence-corrected chi connectivity index (χ0v) is 13.2. The van der Waals surface area contributed by atoms with Crippen molar-refractivity contribution >= 4 is 34.8 Å². The van der Waals surface area contributed by atoms with Crippen molar-refractivity contribution in [1.29, 1.82) is 0 Å². The first kappa shape index (κ1) is 15.5. The lowest BCUT2D eigenvalue weighted by atomic mass is 10.2. The number of nitrogens with one attached hydrogen (secondary N) is 1. The molecule has 106 valence electrons. The van der Waals surface area contributed by atoms with Crippen molar-refractivity contribution in [2.24, 2.45) is 0 Å². The maximum atomic E-state index is 6.19. The maximum absolute atomic E-state index is 6.19. The van der Waals surface area contributed by atoms with Gasteiger partial charge in [-0.3, -0.25) is 0 Å². The summed E-state index contributed by atoms with van der Waals surface area (Å²) in [6.45, 7) is 1.09. The molecule has 20 heavy (non-hydrogen) atoms. The minimum Gasteiger partial charge on any atom is -0.487 e. The van der Waals surface area contributed by atoms with Gasteiger partial charge in [-0.25, -0.2) is 0 Å². The molecule has 0 bridgehead atoms. The van der Waals surface area contributed by atoms with Crippen LogP contribution >= 0.6 is 34.8 Å². The van der Waals surface area contributed by atoms with E-state index in [9.17, 15) is 0 Å². The van der Waals surface area contributed by atoms with Gasteiger partial charge in [0, 0.05) is 22.2 Å². The molecule has 0 radical (unpaired) electrons. The highest BCUT2D eigenvalue weighted by molar-refractivity contribution is 6.33. The normalized spacial score (nSPS) is 10.6. The number of rotatable bonds is 5. The summed E-state index contributed by atoms with van der Waals surface area (Å²) in [5.74, 6) is 0.627. The molecule has 0 saturated heterocycles.